The summed E-state index contributed by atoms with van der Waals surface area (Å²) >= 11 is 1.60. The van der Waals surface area contributed by atoms with Gasteiger partial charge in [-0.25, -0.2) is 0 Å². The van der Waals surface area contributed by atoms with Crippen molar-refractivity contribution in [2.45, 2.75) is 57.0 Å². The maximum Gasteiger partial charge on any atom is 0.279 e. The fourth-order valence-electron chi connectivity index (χ4n) is 3.67. The first-order valence-corrected chi connectivity index (χ1v) is 11.1. The summed E-state index contributed by atoms with van der Waals surface area (Å²) in [7, 11) is 1.90. The third-order valence-corrected chi connectivity index (χ3v) is 6.78. The van der Waals surface area contributed by atoms with Crippen molar-refractivity contribution < 1.29 is 14.5 Å². The quantitative estimate of drug-likeness (QED) is 0.624. The van der Waals surface area contributed by atoms with E-state index in [1.807, 2.05) is 44.5 Å². The SMILES string of the molecule is CSc1ccccc1NC(=O)C[NH+](C)[C@H](C)C(=O)N[C@@H]1CCC[C@H](C)[C@H]1C. The lowest BCUT2D eigenvalue weighted by Gasteiger charge is -2.35. The molecule has 2 rings (SSSR count). The van der Waals surface area contributed by atoms with E-state index >= 15 is 0 Å². The van der Waals surface area contributed by atoms with E-state index in [-0.39, 0.29) is 30.4 Å². The van der Waals surface area contributed by atoms with Gasteiger partial charge in [0, 0.05) is 10.9 Å². The van der Waals surface area contributed by atoms with Gasteiger partial charge in [0.1, 0.15) is 0 Å². The van der Waals surface area contributed by atoms with Gasteiger partial charge in [-0.3, -0.25) is 9.59 Å². The molecule has 27 heavy (non-hydrogen) atoms. The number of amides is 2. The van der Waals surface area contributed by atoms with Crippen molar-refractivity contribution in [2.75, 3.05) is 25.2 Å². The van der Waals surface area contributed by atoms with Crippen molar-refractivity contribution in [1.29, 1.82) is 0 Å². The number of likely N-dealkylation sites (N-methyl/N-ethyl adjacent to an activating group) is 1. The summed E-state index contributed by atoms with van der Waals surface area (Å²) in [5.41, 5.74) is 0.824. The zero-order valence-electron chi connectivity index (χ0n) is 17.2. The molecule has 150 valence electrons. The molecule has 1 unspecified atom stereocenters. The van der Waals surface area contributed by atoms with Crippen LogP contribution in [0.15, 0.2) is 29.2 Å². The number of quaternary nitrogens is 1. The molecule has 0 saturated heterocycles. The Morgan fingerprint density at radius 3 is 2.67 bits per heavy atom. The fraction of sp³-hybridized carbons (Fsp3) is 0.619. The van der Waals surface area contributed by atoms with E-state index in [2.05, 4.69) is 24.5 Å². The van der Waals surface area contributed by atoms with Crippen LogP contribution in [-0.4, -0.2) is 43.7 Å². The summed E-state index contributed by atoms with van der Waals surface area (Å²) in [4.78, 5) is 27.0. The molecule has 0 aromatic heterocycles. The zero-order chi connectivity index (χ0) is 20.0. The Labute approximate surface area is 167 Å². The van der Waals surface area contributed by atoms with Crippen LogP contribution in [0.3, 0.4) is 0 Å². The molecule has 0 heterocycles. The highest BCUT2D eigenvalue weighted by atomic mass is 32.2. The second-order valence-electron chi connectivity index (χ2n) is 7.88. The van der Waals surface area contributed by atoms with Gasteiger partial charge >= 0.3 is 0 Å². The lowest BCUT2D eigenvalue weighted by molar-refractivity contribution is -0.885. The average Bonchev–Trinajstić information content (AvgIpc) is 2.65. The number of carbonyl (C=O) groups excluding carboxylic acids is 2. The van der Waals surface area contributed by atoms with Crippen molar-refractivity contribution in [3.63, 3.8) is 0 Å². The van der Waals surface area contributed by atoms with Gasteiger partial charge in [-0.2, -0.15) is 0 Å². The predicted octanol–water partition coefficient (Wildman–Crippen LogP) is 2.19. The highest BCUT2D eigenvalue weighted by Gasteiger charge is 2.31. The van der Waals surface area contributed by atoms with Crippen LogP contribution in [-0.2, 0) is 9.59 Å². The Balaban J connectivity index is 1.87. The summed E-state index contributed by atoms with van der Waals surface area (Å²) in [6.07, 6.45) is 5.45. The van der Waals surface area contributed by atoms with Gasteiger partial charge in [0.05, 0.1) is 12.7 Å². The van der Waals surface area contributed by atoms with Gasteiger partial charge in [-0.05, 0) is 43.6 Å². The monoisotopic (exact) mass is 392 g/mol. The number of anilines is 1. The van der Waals surface area contributed by atoms with Crippen LogP contribution >= 0.6 is 11.8 Å². The maximum absolute atomic E-state index is 12.7. The van der Waals surface area contributed by atoms with E-state index < -0.39 is 0 Å². The molecule has 5 atom stereocenters. The smallest absolute Gasteiger partial charge is 0.279 e. The standard InChI is InChI=1S/C21H33N3O2S/c1-14-9-8-11-17(15(14)2)23-21(26)16(3)24(4)13-20(25)22-18-10-6-7-12-19(18)27-5/h6-7,10,12,14-17H,8-9,11,13H2,1-5H3,(H,22,25)(H,23,26)/p+1/t14-,15+,16+,17+/m0/s1. The minimum Gasteiger partial charge on any atom is -0.348 e. The molecule has 0 radical (unpaired) electrons. The summed E-state index contributed by atoms with van der Waals surface area (Å²) < 4.78 is 0. The first kappa shape index (κ1) is 21.8. The molecule has 1 aromatic carbocycles. The highest BCUT2D eigenvalue weighted by Crippen LogP contribution is 2.29. The van der Waals surface area contributed by atoms with Crippen LogP contribution in [0.25, 0.3) is 0 Å². The number of benzene rings is 1. The van der Waals surface area contributed by atoms with Gasteiger partial charge in [0.15, 0.2) is 12.6 Å². The Bertz CT molecular complexity index is 652. The number of para-hydroxylation sites is 1. The van der Waals surface area contributed by atoms with Gasteiger partial charge in [-0.1, -0.05) is 38.8 Å². The molecular formula is C21H34N3O2S+. The fourth-order valence-corrected chi connectivity index (χ4v) is 4.22. The molecule has 1 aromatic rings. The van der Waals surface area contributed by atoms with Crippen LogP contribution in [0.1, 0.15) is 40.0 Å². The summed E-state index contributed by atoms with van der Waals surface area (Å²) in [5.74, 6) is 1.11. The van der Waals surface area contributed by atoms with Crippen LogP contribution in [0.5, 0.6) is 0 Å². The second-order valence-corrected chi connectivity index (χ2v) is 8.72. The zero-order valence-corrected chi connectivity index (χ0v) is 18.0. The molecule has 0 spiro atoms. The Morgan fingerprint density at radius 1 is 1.26 bits per heavy atom. The predicted molar refractivity (Wildman–Crippen MR) is 112 cm³/mol. The van der Waals surface area contributed by atoms with E-state index in [1.54, 1.807) is 11.8 Å². The van der Waals surface area contributed by atoms with Crippen molar-refractivity contribution in [2.24, 2.45) is 11.8 Å². The normalized spacial score (nSPS) is 24.7. The topological polar surface area (TPSA) is 62.6 Å². The largest absolute Gasteiger partial charge is 0.348 e. The Kier molecular flexibility index (Phi) is 8.17. The van der Waals surface area contributed by atoms with E-state index in [1.165, 1.54) is 12.8 Å². The Hall–Kier alpha value is -1.53. The number of thioether (sulfide) groups is 1. The number of rotatable bonds is 7. The number of hydrogen-bond donors (Lipinski definition) is 3. The Morgan fingerprint density at radius 2 is 1.96 bits per heavy atom. The summed E-state index contributed by atoms with van der Waals surface area (Å²) in [5, 5.41) is 6.19. The third kappa shape index (κ3) is 5.98. The molecule has 2 amide bonds. The average molecular weight is 393 g/mol. The molecule has 5 nitrogen and oxygen atoms in total. The van der Waals surface area contributed by atoms with Crippen molar-refractivity contribution in [1.82, 2.24) is 5.32 Å². The van der Waals surface area contributed by atoms with Gasteiger partial charge in [-0.15, -0.1) is 11.8 Å². The minimum atomic E-state index is -0.268. The lowest BCUT2D eigenvalue weighted by atomic mass is 9.78. The lowest BCUT2D eigenvalue weighted by Crippen LogP contribution is -3.15. The molecule has 1 aliphatic rings. The van der Waals surface area contributed by atoms with Gasteiger partial charge < -0.3 is 15.5 Å². The first-order chi connectivity index (χ1) is 12.8. The van der Waals surface area contributed by atoms with Gasteiger partial charge in [0.2, 0.25) is 0 Å². The van der Waals surface area contributed by atoms with Crippen LogP contribution in [0.4, 0.5) is 5.69 Å². The molecule has 1 aliphatic carbocycles. The van der Waals surface area contributed by atoms with E-state index in [4.69, 9.17) is 0 Å². The van der Waals surface area contributed by atoms with Gasteiger partial charge in [0.25, 0.3) is 11.8 Å². The van der Waals surface area contributed by atoms with E-state index in [0.29, 0.717) is 11.8 Å². The summed E-state index contributed by atoms with van der Waals surface area (Å²) in [6.45, 7) is 6.64. The maximum atomic E-state index is 12.7. The molecular weight excluding hydrogens is 358 g/mol. The van der Waals surface area contributed by atoms with Crippen LogP contribution in [0, 0.1) is 11.8 Å². The summed E-state index contributed by atoms with van der Waals surface area (Å²) in [6, 6.07) is 7.74. The first-order valence-electron chi connectivity index (χ1n) is 9.89. The minimum absolute atomic E-state index is 0.0377. The molecule has 6 heteroatoms. The molecule has 0 aliphatic heterocycles. The number of nitrogens with one attached hydrogen (secondary N) is 3. The molecule has 3 N–H and O–H groups in total. The van der Waals surface area contributed by atoms with E-state index in [0.717, 1.165) is 21.9 Å². The third-order valence-electron chi connectivity index (χ3n) is 5.99. The van der Waals surface area contributed by atoms with Crippen molar-refractivity contribution in [3.8, 4) is 0 Å². The molecule has 1 fully saturated rings. The molecule has 1 saturated carbocycles. The number of carbonyl (C=O) groups is 2. The van der Waals surface area contributed by atoms with Crippen molar-refractivity contribution >= 4 is 29.3 Å². The number of hydrogen-bond acceptors (Lipinski definition) is 3. The van der Waals surface area contributed by atoms with Crippen LogP contribution < -0.4 is 15.5 Å². The highest BCUT2D eigenvalue weighted by molar-refractivity contribution is 7.98. The van der Waals surface area contributed by atoms with Crippen molar-refractivity contribution in [3.05, 3.63) is 24.3 Å². The van der Waals surface area contributed by atoms with Crippen LogP contribution in [0.2, 0.25) is 0 Å². The van der Waals surface area contributed by atoms with E-state index in [9.17, 15) is 9.59 Å². The second kappa shape index (κ2) is 10.1. The molecule has 0 bridgehead atoms.